The Hall–Kier alpha value is -12.5. The van der Waals surface area contributed by atoms with E-state index in [1.165, 1.54) is 38.5 Å². The summed E-state index contributed by atoms with van der Waals surface area (Å²) in [4.78, 5) is 16.4. The number of benzene rings is 6. The third-order valence-electron chi connectivity index (χ3n) is 18.5. The number of ether oxygens (including phenoxy) is 2. The summed E-state index contributed by atoms with van der Waals surface area (Å²) in [5, 5.41) is 52.8. The standard InChI is InChI=1S/C30H38N8O.C19H26BrN4.C19H26ClN4.C13H14N4.C11H12N4O.6CH4/c1-35(2)27-16-12-25(13-17-27)31-33-29-11-7-10-21-37(29)20-8-5-6-9-22-38-24-23-36(3)30(38)34-32-26-14-18-28(39-4)19-15-26;2*1-23(2)18-12-10-17(11-13-18)21-22-19-9-5-8-16-24(19)15-7-4-3-6-14-20;1-17(2)12-8-6-11(7-9-12)15-16-13-5-3-4-10-14-13;1-15-8-7-12-11(15)14-13-9-3-5-10(16-2)6-4-9;;;;;;/h7,10-19,21,23-24H,5-6,8-9,20,22H2,1-4H3;2*5,8-13,16H,3-4,6-7,14-15H2,1-2H3;3-10H,1-2H3;3-8H,1-2H3;6*1H4/q+2;2*+1;;;;;;;;. The van der Waals surface area contributed by atoms with E-state index in [0.29, 0.717) is 11.8 Å². The molecule has 0 saturated heterocycles. The number of aromatic nitrogens is 8. The van der Waals surface area contributed by atoms with Crippen molar-refractivity contribution in [1.82, 2.24) is 19.1 Å². The Morgan fingerprint density at radius 3 is 1.03 bits per heavy atom. The highest BCUT2D eigenvalue weighted by Gasteiger charge is 2.16. The molecule has 12 aromatic rings. The highest BCUT2D eigenvalue weighted by molar-refractivity contribution is 9.09. The first-order valence-corrected chi connectivity index (χ1v) is 42.0. The monoisotopic (exact) mass is 1800 g/mol. The number of hydrogen-bond acceptors (Lipinski definition) is 20. The molecule has 0 fully saturated rings. The molecule has 0 amide bonds. The molecular formula is C98H140BrClN24O2+4. The largest absolute Gasteiger partial charge is 0.497 e. The lowest BCUT2D eigenvalue weighted by atomic mass is 10.2. The van der Waals surface area contributed by atoms with E-state index in [2.05, 4.69) is 157 Å². The van der Waals surface area contributed by atoms with Crippen LogP contribution in [0, 0.1) is 0 Å². The zero-order chi connectivity index (χ0) is 85.3. The van der Waals surface area contributed by atoms with Gasteiger partial charge in [-0.2, -0.15) is 0 Å². The molecule has 126 heavy (non-hydrogen) atoms. The van der Waals surface area contributed by atoms with E-state index in [-0.39, 0.29) is 44.6 Å². The van der Waals surface area contributed by atoms with Crippen LogP contribution in [-0.2, 0) is 40.3 Å². The Kier molecular flexibility index (Phi) is 54.4. The summed E-state index contributed by atoms with van der Waals surface area (Å²) in [7, 11) is 23.3. The maximum atomic E-state index is 5.71. The molecule has 28 heteroatoms. The highest BCUT2D eigenvalue weighted by Crippen LogP contribution is 2.27. The van der Waals surface area contributed by atoms with Crippen LogP contribution in [0.2, 0.25) is 0 Å². The van der Waals surface area contributed by atoms with E-state index in [1.54, 1.807) is 31.2 Å². The van der Waals surface area contributed by atoms with Crippen molar-refractivity contribution in [2.24, 2.45) is 75.5 Å². The average Bonchev–Trinajstić information content (AvgIpc) is 1.70. The SMILES string of the molecule is C.C.C.C.C.C.CN(C)c1ccc(N=Nc2cccc[n+]2CCCCCCBr)cc1.CN(C)c1ccc(N=Nc2cccc[n+]2CCCCCCCl)cc1.CN(C)c1ccc(N=Nc2ccccn2)cc1.COc1ccc(N=Nc2n(CCCCCC[n+]3ccccc3N=Nc3ccc(N(C)C)cc3)cc[n+]2C)cc1.COc1ccc(N=Nc2nccn2C)cc1. The van der Waals surface area contributed by atoms with Crippen LogP contribution in [0.15, 0.2) is 329 Å². The molecule has 6 aromatic heterocycles. The number of halogens is 2. The van der Waals surface area contributed by atoms with Gasteiger partial charge in [-0.25, -0.2) is 32.8 Å². The van der Waals surface area contributed by atoms with Crippen molar-refractivity contribution in [3.8, 4) is 11.5 Å². The second-order valence-electron chi connectivity index (χ2n) is 28.5. The van der Waals surface area contributed by atoms with Gasteiger partial charge in [-0.1, -0.05) is 109 Å². The molecule has 12 rings (SSSR count). The lowest BCUT2D eigenvalue weighted by Crippen LogP contribution is -2.33. The number of alkyl halides is 2. The van der Waals surface area contributed by atoms with Crippen LogP contribution in [0.5, 0.6) is 11.5 Å². The maximum Gasteiger partial charge on any atom is 0.421 e. The fraction of sp³-hybridized carbons (Fsp3) is 0.367. The van der Waals surface area contributed by atoms with Gasteiger partial charge in [0.2, 0.25) is 5.95 Å². The Morgan fingerprint density at radius 2 is 0.690 bits per heavy atom. The molecule has 0 saturated carbocycles. The van der Waals surface area contributed by atoms with E-state index < -0.39 is 0 Å². The Balaban J connectivity index is 0.000000547. The van der Waals surface area contributed by atoms with E-state index in [0.717, 1.165) is 168 Å². The van der Waals surface area contributed by atoms with Crippen molar-refractivity contribution in [2.45, 2.75) is 148 Å². The van der Waals surface area contributed by atoms with Crippen molar-refractivity contribution in [1.29, 1.82) is 0 Å². The first-order valence-electron chi connectivity index (χ1n) is 40.4. The third-order valence-corrected chi connectivity index (χ3v) is 19.4. The Labute approximate surface area is 765 Å². The minimum Gasteiger partial charge on any atom is -0.497 e. The van der Waals surface area contributed by atoms with Crippen molar-refractivity contribution in [3.63, 3.8) is 0 Å². The fourth-order valence-electron chi connectivity index (χ4n) is 11.5. The lowest BCUT2D eigenvalue weighted by molar-refractivity contribution is -0.685. The molecule has 0 atom stereocenters. The fourth-order valence-corrected chi connectivity index (χ4v) is 12.1. The number of nitrogens with zero attached hydrogens (tertiary/aromatic N) is 24. The number of anilines is 4. The second-order valence-corrected chi connectivity index (χ2v) is 29.7. The van der Waals surface area contributed by atoms with Gasteiger partial charge in [0.15, 0.2) is 5.82 Å². The molecule has 0 aliphatic carbocycles. The van der Waals surface area contributed by atoms with Crippen LogP contribution >= 0.6 is 27.5 Å². The number of unbranched alkanes of at least 4 members (excludes halogenated alkanes) is 9. The van der Waals surface area contributed by atoms with Crippen LogP contribution in [0.25, 0.3) is 0 Å². The highest BCUT2D eigenvalue weighted by atomic mass is 79.9. The summed E-state index contributed by atoms with van der Waals surface area (Å²) in [6.07, 6.45) is 29.5. The molecule has 0 radical (unpaired) electrons. The third kappa shape index (κ3) is 40.0. The molecule has 0 spiro atoms. The molecule has 0 bridgehead atoms. The van der Waals surface area contributed by atoms with Crippen LogP contribution in [-0.4, -0.2) is 101 Å². The molecule has 26 nitrogen and oxygen atoms in total. The van der Waals surface area contributed by atoms with E-state index >= 15 is 0 Å². The zero-order valence-corrected chi connectivity index (χ0v) is 73.8. The molecule has 0 unspecified atom stereocenters. The van der Waals surface area contributed by atoms with Crippen molar-refractivity contribution in [2.75, 3.05) is 101 Å². The van der Waals surface area contributed by atoms with E-state index in [1.807, 2.05) is 299 Å². The minimum atomic E-state index is 0. The van der Waals surface area contributed by atoms with E-state index in [9.17, 15) is 0 Å². The lowest BCUT2D eigenvalue weighted by Gasteiger charge is -2.11. The number of aryl methyl sites for hydroxylation is 6. The van der Waals surface area contributed by atoms with Gasteiger partial charge in [0, 0.05) is 139 Å². The number of methoxy groups -OCH3 is 2. The van der Waals surface area contributed by atoms with Gasteiger partial charge in [-0.05, 0) is 249 Å². The van der Waals surface area contributed by atoms with Crippen molar-refractivity contribution in [3.05, 3.63) is 268 Å². The second kappa shape index (κ2) is 62.6. The molecule has 6 aromatic carbocycles. The van der Waals surface area contributed by atoms with Crippen LogP contribution in [0.3, 0.4) is 0 Å². The molecule has 0 N–H and O–H groups in total. The Bertz CT molecular complexity index is 4950. The summed E-state index contributed by atoms with van der Waals surface area (Å²) in [5.74, 6) is 7.03. The molecule has 0 aliphatic heterocycles. The number of azo groups is 6. The van der Waals surface area contributed by atoms with Gasteiger partial charge in [0.05, 0.1) is 105 Å². The van der Waals surface area contributed by atoms with E-state index in [4.69, 9.17) is 21.1 Å². The number of imidazole rings is 2. The molecule has 674 valence electrons. The first-order chi connectivity index (χ1) is 58.5. The molecule has 0 aliphatic rings. The average molecular weight is 1800 g/mol. The Morgan fingerprint density at radius 1 is 0.349 bits per heavy atom. The number of rotatable bonds is 37. The number of hydrogen-bond donors (Lipinski definition) is 0. The van der Waals surface area contributed by atoms with Gasteiger partial charge >= 0.3 is 23.4 Å². The van der Waals surface area contributed by atoms with Crippen molar-refractivity contribution >= 4 is 120 Å². The van der Waals surface area contributed by atoms with Crippen LogP contribution < -0.4 is 47.3 Å². The molecule has 6 heterocycles. The number of pyridine rings is 4. The first kappa shape index (κ1) is 110. The zero-order valence-electron chi connectivity index (χ0n) is 71.4. The minimum absolute atomic E-state index is 0. The predicted molar refractivity (Wildman–Crippen MR) is 527 cm³/mol. The maximum absolute atomic E-state index is 5.71. The van der Waals surface area contributed by atoms with Crippen LogP contribution in [0.4, 0.5) is 92.0 Å². The van der Waals surface area contributed by atoms with Gasteiger partial charge in [0.25, 0.3) is 0 Å². The van der Waals surface area contributed by atoms with Gasteiger partial charge < -0.3 is 33.6 Å². The smallest absolute Gasteiger partial charge is 0.421 e. The topological polar surface area (TPSA) is 231 Å². The van der Waals surface area contributed by atoms with Crippen molar-refractivity contribution < 1.29 is 27.7 Å². The summed E-state index contributed by atoms with van der Waals surface area (Å²) >= 11 is 9.19. The summed E-state index contributed by atoms with van der Waals surface area (Å²) in [5.41, 5.74) is 9.55. The quantitative estimate of drug-likeness (QED) is 0.0157. The summed E-state index contributed by atoms with van der Waals surface area (Å²) in [6.45, 7) is 3.75. The normalized spacial score (nSPS) is 10.6. The van der Waals surface area contributed by atoms with Gasteiger partial charge in [-0.3, -0.25) is 0 Å². The summed E-state index contributed by atoms with van der Waals surface area (Å²) < 4.78 is 22.7. The van der Waals surface area contributed by atoms with Gasteiger partial charge in [0.1, 0.15) is 34.2 Å². The summed E-state index contributed by atoms with van der Waals surface area (Å²) in [6, 6.07) is 70.7. The van der Waals surface area contributed by atoms with Gasteiger partial charge in [-0.15, -0.1) is 32.1 Å². The predicted octanol–water partition coefficient (Wildman–Crippen LogP) is 27.7. The van der Waals surface area contributed by atoms with Crippen LogP contribution in [0.1, 0.15) is 122 Å². The molecular weight excluding hydrogens is 1660 g/mol.